The molecular weight excluding hydrogens is 292 g/mol. The zero-order valence-corrected chi connectivity index (χ0v) is 11.7. The summed E-state index contributed by atoms with van der Waals surface area (Å²) >= 11 is 5.83. The van der Waals surface area contributed by atoms with E-state index in [9.17, 15) is 9.59 Å². The molecule has 0 atom stereocenters. The summed E-state index contributed by atoms with van der Waals surface area (Å²) in [7, 11) is 0. The summed E-state index contributed by atoms with van der Waals surface area (Å²) in [4.78, 5) is 23.1. The SMILES string of the molecule is Nc1cccc(CC(=O)Nc2cc(Cl)ccc2C(=O)O)c1. The standard InChI is InChI=1S/C15H13ClN2O3/c16-10-4-5-12(15(20)21)13(8-10)18-14(19)7-9-2-1-3-11(17)6-9/h1-6,8H,7,17H2,(H,18,19)(H,20,21). The maximum Gasteiger partial charge on any atom is 0.337 e. The molecule has 2 aromatic carbocycles. The second-order valence-electron chi connectivity index (χ2n) is 4.47. The summed E-state index contributed by atoms with van der Waals surface area (Å²) < 4.78 is 0. The van der Waals surface area contributed by atoms with Gasteiger partial charge in [0, 0.05) is 10.7 Å². The molecule has 5 nitrogen and oxygen atoms in total. The number of aromatic carboxylic acids is 1. The van der Waals surface area contributed by atoms with Crippen LogP contribution in [0.5, 0.6) is 0 Å². The molecule has 0 aliphatic carbocycles. The minimum atomic E-state index is -1.13. The average Bonchev–Trinajstić information content (AvgIpc) is 2.38. The van der Waals surface area contributed by atoms with Crippen LogP contribution in [0.1, 0.15) is 15.9 Å². The number of nitrogens with two attached hydrogens (primary N) is 1. The molecular formula is C15H13ClN2O3. The van der Waals surface area contributed by atoms with E-state index in [2.05, 4.69) is 5.32 Å². The molecule has 0 bridgehead atoms. The van der Waals surface area contributed by atoms with Gasteiger partial charge in [0.2, 0.25) is 5.91 Å². The van der Waals surface area contributed by atoms with E-state index in [0.29, 0.717) is 10.7 Å². The van der Waals surface area contributed by atoms with Crippen LogP contribution in [0.4, 0.5) is 11.4 Å². The van der Waals surface area contributed by atoms with Gasteiger partial charge in [-0.15, -0.1) is 0 Å². The molecule has 0 unspecified atom stereocenters. The fourth-order valence-corrected chi connectivity index (χ4v) is 2.06. The van der Waals surface area contributed by atoms with E-state index in [1.807, 2.05) is 0 Å². The van der Waals surface area contributed by atoms with E-state index in [-0.39, 0.29) is 23.6 Å². The number of carboxylic acids is 1. The fourth-order valence-electron chi connectivity index (χ4n) is 1.89. The van der Waals surface area contributed by atoms with Crippen LogP contribution >= 0.6 is 11.6 Å². The largest absolute Gasteiger partial charge is 0.478 e. The van der Waals surface area contributed by atoms with E-state index in [1.54, 1.807) is 24.3 Å². The number of hydrogen-bond donors (Lipinski definition) is 3. The van der Waals surface area contributed by atoms with Gasteiger partial charge in [0.15, 0.2) is 0 Å². The van der Waals surface area contributed by atoms with Crippen molar-refractivity contribution in [3.05, 3.63) is 58.6 Å². The second kappa shape index (κ2) is 6.28. The van der Waals surface area contributed by atoms with E-state index in [1.165, 1.54) is 18.2 Å². The van der Waals surface area contributed by atoms with Crippen LogP contribution < -0.4 is 11.1 Å². The predicted octanol–water partition coefficient (Wildman–Crippen LogP) is 2.80. The third-order valence-corrected chi connectivity index (χ3v) is 3.04. The summed E-state index contributed by atoms with van der Waals surface area (Å²) in [5.74, 6) is -1.48. The smallest absolute Gasteiger partial charge is 0.337 e. The van der Waals surface area contributed by atoms with Gasteiger partial charge in [0.25, 0.3) is 0 Å². The van der Waals surface area contributed by atoms with Gasteiger partial charge in [0.05, 0.1) is 17.7 Å². The number of nitrogens with one attached hydrogen (secondary N) is 1. The average molecular weight is 305 g/mol. The number of hydrogen-bond acceptors (Lipinski definition) is 3. The highest BCUT2D eigenvalue weighted by Crippen LogP contribution is 2.21. The Kier molecular flexibility index (Phi) is 4.45. The summed E-state index contributed by atoms with van der Waals surface area (Å²) in [6.45, 7) is 0. The summed E-state index contributed by atoms with van der Waals surface area (Å²) in [6, 6.07) is 11.1. The Bertz CT molecular complexity index is 701. The molecule has 2 rings (SSSR count). The molecule has 0 saturated heterocycles. The number of carbonyl (C=O) groups excluding carboxylic acids is 1. The number of halogens is 1. The first-order chi connectivity index (χ1) is 9.95. The third kappa shape index (κ3) is 3.97. The van der Waals surface area contributed by atoms with Crippen molar-refractivity contribution in [2.75, 3.05) is 11.1 Å². The Morgan fingerprint density at radius 1 is 1.19 bits per heavy atom. The van der Waals surface area contributed by atoms with Gasteiger partial charge in [-0.1, -0.05) is 23.7 Å². The Morgan fingerprint density at radius 2 is 1.95 bits per heavy atom. The molecule has 6 heteroatoms. The number of amides is 1. The lowest BCUT2D eigenvalue weighted by molar-refractivity contribution is -0.115. The zero-order valence-electron chi connectivity index (χ0n) is 11.0. The Labute approximate surface area is 126 Å². The molecule has 0 spiro atoms. The van der Waals surface area contributed by atoms with Gasteiger partial charge >= 0.3 is 5.97 Å². The van der Waals surface area contributed by atoms with Crippen molar-refractivity contribution in [2.45, 2.75) is 6.42 Å². The molecule has 0 saturated carbocycles. The molecule has 1 amide bonds. The third-order valence-electron chi connectivity index (χ3n) is 2.80. The minimum absolute atomic E-state index is 0.0136. The van der Waals surface area contributed by atoms with Crippen molar-refractivity contribution in [2.24, 2.45) is 0 Å². The Morgan fingerprint density at radius 3 is 2.62 bits per heavy atom. The van der Waals surface area contributed by atoms with Gasteiger partial charge in [-0.05, 0) is 35.9 Å². The van der Waals surface area contributed by atoms with Crippen molar-refractivity contribution in [3.63, 3.8) is 0 Å². The topological polar surface area (TPSA) is 92.4 Å². The van der Waals surface area contributed by atoms with E-state index >= 15 is 0 Å². The van der Waals surface area contributed by atoms with Crippen LogP contribution in [0, 0.1) is 0 Å². The molecule has 0 heterocycles. The quantitative estimate of drug-likeness (QED) is 0.757. The first kappa shape index (κ1) is 14.9. The van der Waals surface area contributed by atoms with Crippen molar-refractivity contribution in [1.29, 1.82) is 0 Å². The van der Waals surface area contributed by atoms with Crippen LogP contribution in [0.15, 0.2) is 42.5 Å². The lowest BCUT2D eigenvalue weighted by Crippen LogP contribution is -2.16. The van der Waals surface area contributed by atoms with E-state index < -0.39 is 5.97 Å². The molecule has 108 valence electrons. The Hall–Kier alpha value is -2.53. The highest BCUT2D eigenvalue weighted by Gasteiger charge is 2.13. The number of nitrogen functional groups attached to an aromatic ring is 1. The predicted molar refractivity (Wildman–Crippen MR) is 81.6 cm³/mol. The number of carbonyl (C=O) groups is 2. The van der Waals surface area contributed by atoms with Gasteiger partial charge in [-0.3, -0.25) is 4.79 Å². The van der Waals surface area contributed by atoms with E-state index in [0.717, 1.165) is 5.56 Å². The van der Waals surface area contributed by atoms with Gasteiger partial charge in [-0.2, -0.15) is 0 Å². The minimum Gasteiger partial charge on any atom is -0.478 e. The normalized spacial score (nSPS) is 10.1. The highest BCUT2D eigenvalue weighted by molar-refractivity contribution is 6.31. The van der Waals surface area contributed by atoms with Crippen molar-refractivity contribution < 1.29 is 14.7 Å². The molecule has 2 aromatic rings. The van der Waals surface area contributed by atoms with Crippen molar-refractivity contribution in [1.82, 2.24) is 0 Å². The number of benzene rings is 2. The monoisotopic (exact) mass is 304 g/mol. The van der Waals surface area contributed by atoms with Crippen LogP contribution in [0.2, 0.25) is 5.02 Å². The van der Waals surface area contributed by atoms with Gasteiger partial charge < -0.3 is 16.2 Å². The first-order valence-corrected chi connectivity index (χ1v) is 6.50. The first-order valence-electron chi connectivity index (χ1n) is 6.13. The number of anilines is 2. The molecule has 4 N–H and O–H groups in total. The lowest BCUT2D eigenvalue weighted by Gasteiger charge is -2.09. The van der Waals surface area contributed by atoms with Crippen molar-refractivity contribution in [3.8, 4) is 0 Å². The molecule has 21 heavy (non-hydrogen) atoms. The zero-order chi connectivity index (χ0) is 15.4. The lowest BCUT2D eigenvalue weighted by atomic mass is 10.1. The summed E-state index contributed by atoms with van der Waals surface area (Å²) in [5.41, 5.74) is 7.11. The maximum atomic E-state index is 12.0. The summed E-state index contributed by atoms with van der Waals surface area (Å²) in [5, 5.41) is 12.0. The number of rotatable bonds is 4. The van der Waals surface area contributed by atoms with Gasteiger partial charge in [0.1, 0.15) is 0 Å². The van der Waals surface area contributed by atoms with Crippen molar-refractivity contribution >= 4 is 34.9 Å². The molecule has 0 aromatic heterocycles. The molecule has 0 aliphatic heterocycles. The van der Waals surface area contributed by atoms with Crippen LogP contribution in [0.3, 0.4) is 0 Å². The highest BCUT2D eigenvalue weighted by atomic mass is 35.5. The van der Waals surface area contributed by atoms with Crippen LogP contribution in [-0.4, -0.2) is 17.0 Å². The van der Waals surface area contributed by atoms with Crippen LogP contribution in [0.25, 0.3) is 0 Å². The summed E-state index contributed by atoms with van der Waals surface area (Å²) in [6.07, 6.45) is 0.0939. The molecule has 0 aliphatic rings. The molecule has 0 radical (unpaired) electrons. The van der Waals surface area contributed by atoms with Gasteiger partial charge in [-0.25, -0.2) is 4.79 Å². The maximum absolute atomic E-state index is 12.0. The van der Waals surface area contributed by atoms with E-state index in [4.69, 9.17) is 22.4 Å². The molecule has 0 fully saturated rings. The van der Waals surface area contributed by atoms with Crippen LogP contribution in [-0.2, 0) is 11.2 Å². The Balaban J connectivity index is 2.16. The second-order valence-corrected chi connectivity index (χ2v) is 4.90. The fraction of sp³-hybridized carbons (Fsp3) is 0.0667. The number of carboxylic acid groups (broad SMARTS) is 1.